The van der Waals surface area contributed by atoms with Crippen molar-refractivity contribution in [2.45, 2.75) is 6.92 Å². The Hall–Kier alpha value is -2.65. The predicted octanol–water partition coefficient (Wildman–Crippen LogP) is 0.709. The highest BCUT2D eigenvalue weighted by Crippen LogP contribution is 2.08. The zero-order valence-corrected chi connectivity index (χ0v) is 10.3. The number of rotatable bonds is 2. The van der Waals surface area contributed by atoms with Crippen LogP contribution in [0.4, 0.5) is 5.82 Å². The number of nitrogens with one attached hydrogen (secondary N) is 2. The van der Waals surface area contributed by atoms with Gasteiger partial charge in [-0.2, -0.15) is 5.10 Å². The zero-order valence-electron chi connectivity index (χ0n) is 10.3. The summed E-state index contributed by atoms with van der Waals surface area (Å²) in [5.74, 6) is 5.28. The van der Waals surface area contributed by atoms with E-state index in [4.69, 9.17) is 5.11 Å². The van der Waals surface area contributed by atoms with Crippen LogP contribution in [-0.4, -0.2) is 32.8 Å². The van der Waals surface area contributed by atoms with E-state index in [1.54, 1.807) is 25.1 Å². The van der Waals surface area contributed by atoms with Crippen LogP contribution in [0.1, 0.15) is 21.7 Å². The van der Waals surface area contributed by atoms with Gasteiger partial charge in [0.1, 0.15) is 18.1 Å². The van der Waals surface area contributed by atoms with Gasteiger partial charge in [0.2, 0.25) is 0 Å². The maximum absolute atomic E-state index is 11.9. The summed E-state index contributed by atoms with van der Waals surface area (Å²) in [7, 11) is 0. The second-order valence-electron chi connectivity index (χ2n) is 3.73. The van der Waals surface area contributed by atoms with Gasteiger partial charge in [-0.15, -0.1) is 0 Å². The van der Waals surface area contributed by atoms with Gasteiger partial charge >= 0.3 is 0 Å². The van der Waals surface area contributed by atoms with Gasteiger partial charge in [-0.1, -0.05) is 12.0 Å². The standard InChI is InChI=1S/C13H12N4O2/c1-9-11(8-14-17-9)13(19)16-12-6-2-4-10(15-12)5-3-7-18/h2,4,6,8,18H,7H2,1H3,(H,14,17)(H,15,16,19). The number of hydrogen-bond acceptors (Lipinski definition) is 4. The van der Waals surface area contributed by atoms with Crippen LogP contribution in [0, 0.1) is 18.8 Å². The van der Waals surface area contributed by atoms with Crippen LogP contribution in [0.3, 0.4) is 0 Å². The van der Waals surface area contributed by atoms with E-state index in [-0.39, 0.29) is 12.5 Å². The number of aromatic nitrogens is 3. The lowest BCUT2D eigenvalue weighted by Gasteiger charge is -2.03. The number of pyridine rings is 1. The van der Waals surface area contributed by atoms with Crippen molar-refractivity contribution >= 4 is 11.7 Å². The minimum absolute atomic E-state index is 0.230. The average Bonchev–Trinajstić information content (AvgIpc) is 2.83. The van der Waals surface area contributed by atoms with Gasteiger partial charge in [-0.3, -0.25) is 9.89 Å². The number of aliphatic hydroxyl groups excluding tert-OH is 1. The van der Waals surface area contributed by atoms with Crippen LogP contribution in [0.2, 0.25) is 0 Å². The Labute approximate surface area is 109 Å². The number of aryl methyl sites for hydroxylation is 1. The summed E-state index contributed by atoms with van der Waals surface area (Å²) in [5, 5.41) is 17.8. The molecule has 0 spiro atoms. The van der Waals surface area contributed by atoms with Gasteiger partial charge in [0.05, 0.1) is 11.8 Å². The van der Waals surface area contributed by atoms with E-state index in [0.717, 1.165) is 0 Å². The van der Waals surface area contributed by atoms with Crippen LogP contribution in [0.15, 0.2) is 24.4 Å². The Kier molecular flexibility index (Phi) is 3.90. The fourth-order valence-electron chi connectivity index (χ4n) is 1.47. The third kappa shape index (κ3) is 3.18. The number of amides is 1. The van der Waals surface area contributed by atoms with Crippen molar-refractivity contribution in [3.63, 3.8) is 0 Å². The molecule has 19 heavy (non-hydrogen) atoms. The fourth-order valence-corrected chi connectivity index (χ4v) is 1.47. The summed E-state index contributed by atoms with van der Waals surface area (Å²) in [5.41, 5.74) is 1.64. The molecule has 6 heteroatoms. The maximum atomic E-state index is 11.9. The van der Waals surface area contributed by atoms with Crippen molar-refractivity contribution in [3.8, 4) is 11.8 Å². The monoisotopic (exact) mass is 256 g/mol. The lowest BCUT2D eigenvalue weighted by molar-refractivity contribution is 0.102. The Balaban J connectivity index is 2.15. The van der Waals surface area contributed by atoms with Gasteiger partial charge in [0, 0.05) is 5.69 Å². The Morgan fingerprint density at radius 3 is 3.05 bits per heavy atom. The maximum Gasteiger partial charge on any atom is 0.260 e. The Morgan fingerprint density at radius 2 is 2.37 bits per heavy atom. The molecule has 6 nitrogen and oxygen atoms in total. The van der Waals surface area contributed by atoms with Crippen molar-refractivity contribution in [1.82, 2.24) is 15.2 Å². The van der Waals surface area contributed by atoms with Crippen LogP contribution in [-0.2, 0) is 0 Å². The summed E-state index contributed by atoms with van der Waals surface area (Å²) < 4.78 is 0. The number of aromatic amines is 1. The molecule has 0 aromatic carbocycles. The van der Waals surface area contributed by atoms with Crippen LogP contribution < -0.4 is 5.32 Å². The number of carbonyl (C=O) groups is 1. The first-order chi connectivity index (χ1) is 9.20. The molecule has 0 saturated heterocycles. The topological polar surface area (TPSA) is 90.9 Å². The molecular weight excluding hydrogens is 244 g/mol. The number of aliphatic hydroxyl groups is 1. The van der Waals surface area contributed by atoms with Crippen LogP contribution >= 0.6 is 0 Å². The zero-order chi connectivity index (χ0) is 13.7. The Morgan fingerprint density at radius 1 is 1.53 bits per heavy atom. The van der Waals surface area contributed by atoms with E-state index in [1.165, 1.54) is 6.20 Å². The van der Waals surface area contributed by atoms with Crippen molar-refractivity contribution in [1.29, 1.82) is 0 Å². The van der Waals surface area contributed by atoms with E-state index in [9.17, 15) is 4.79 Å². The highest BCUT2D eigenvalue weighted by molar-refractivity contribution is 6.04. The van der Waals surface area contributed by atoms with Crippen molar-refractivity contribution < 1.29 is 9.90 Å². The number of nitrogens with zero attached hydrogens (tertiary/aromatic N) is 2. The molecule has 0 aliphatic rings. The number of carbonyl (C=O) groups excluding carboxylic acids is 1. The molecule has 0 saturated carbocycles. The summed E-state index contributed by atoms with van der Waals surface area (Å²) in [6.45, 7) is 1.53. The predicted molar refractivity (Wildman–Crippen MR) is 69.5 cm³/mol. The fraction of sp³-hybridized carbons (Fsp3) is 0.154. The van der Waals surface area contributed by atoms with Crippen LogP contribution in [0.5, 0.6) is 0 Å². The first-order valence-electron chi connectivity index (χ1n) is 5.59. The molecule has 0 radical (unpaired) electrons. The van der Waals surface area contributed by atoms with Gasteiger partial charge in [0.15, 0.2) is 0 Å². The van der Waals surface area contributed by atoms with Crippen molar-refractivity contribution in [2.75, 3.05) is 11.9 Å². The molecule has 3 N–H and O–H groups in total. The second kappa shape index (κ2) is 5.80. The summed E-state index contributed by atoms with van der Waals surface area (Å²) in [4.78, 5) is 16.1. The molecule has 2 aromatic heterocycles. The largest absolute Gasteiger partial charge is 0.384 e. The molecule has 96 valence electrons. The highest BCUT2D eigenvalue weighted by Gasteiger charge is 2.11. The third-order valence-electron chi connectivity index (χ3n) is 2.36. The van der Waals surface area contributed by atoms with Gasteiger partial charge in [-0.25, -0.2) is 4.98 Å². The highest BCUT2D eigenvalue weighted by atomic mass is 16.2. The van der Waals surface area contributed by atoms with Crippen molar-refractivity contribution in [2.24, 2.45) is 0 Å². The van der Waals surface area contributed by atoms with Gasteiger partial charge in [-0.05, 0) is 25.0 Å². The van der Waals surface area contributed by atoms with E-state index in [1.807, 2.05) is 0 Å². The molecule has 0 aliphatic carbocycles. The number of hydrogen-bond donors (Lipinski definition) is 3. The molecular formula is C13H12N4O2. The first kappa shape index (κ1) is 12.8. The number of H-pyrrole nitrogens is 1. The Bertz CT molecular complexity index is 652. The molecule has 0 unspecified atom stereocenters. The lowest BCUT2D eigenvalue weighted by atomic mass is 10.2. The molecule has 0 atom stereocenters. The molecule has 2 rings (SSSR count). The minimum atomic E-state index is -0.286. The molecule has 0 bridgehead atoms. The van der Waals surface area contributed by atoms with E-state index < -0.39 is 0 Å². The van der Waals surface area contributed by atoms with Gasteiger partial charge in [0.25, 0.3) is 5.91 Å². The van der Waals surface area contributed by atoms with E-state index in [2.05, 4.69) is 32.3 Å². The van der Waals surface area contributed by atoms with E-state index >= 15 is 0 Å². The summed E-state index contributed by atoms with van der Waals surface area (Å²) >= 11 is 0. The summed E-state index contributed by atoms with van der Waals surface area (Å²) in [6.07, 6.45) is 1.46. The second-order valence-corrected chi connectivity index (χ2v) is 3.73. The SMILES string of the molecule is Cc1[nH]ncc1C(=O)Nc1cccc(C#CCO)n1. The third-order valence-corrected chi connectivity index (χ3v) is 2.36. The molecule has 2 aromatic rings. The summed E-state index contributed by atoms with van der Waals surface area (Å²) in [6, 6.07) is 5.09. The molecule has 1 amide bonds. The smallest absolute Gasteiger partial charge is 0.260 e. The normalized spacial score (nSPS) is 9.58. The average molecular weight is 256 g/mol. The number of anilines is 1. The first-order valence-corrected chi connectivity index (χ1v) is 5.59. The van der Waals surface area contributed by atoms with E-state index in [0.29, 0.717) is 22.8 Å². The molecule has 2 heterocycles. The molecule has 0 aliphatic heterocycles. The molecule has 0 fully saturated rings. The lowest BCUT2D eigenvalue weighted by Crippen LogP contribution is -2.13. The minimum Gasteiger partial charge on any atom is -0.384 e. The quantitative estimate of drug-likeness (QED) is 0.690. The van der Waals surface area contributed by atoms with Crippen LogP contribution in [0.25, 0.3) is 0 Å². The van der Waals surface area contributed by atoms with Crippen molar-refractivity contribution in [3.05, 3.63) is 41.3 Å². The van der Waals surface area contributed by atoms with Gasteiger partial charge < -0.3 is 10.4 Å².